The fourth-order valence-corrected chi connectivity index (χ4v) is 4.21. The number of nitrogens with zero attached hydrogens (tertiary/aromatic N) is 4. The van der Waals surface area contributed by atoms with Gasteiger partial charge in [-0.05, 0) is 24.6 Å². The first kappa shape index (κ1) is 18.6. The molecule has 4 N–H and O–H groups in total. The van der Waals surface area contributed by atoms with Crippen LogP contribution in [0.4, 0.5) is 5.82 Å². The molecule has 1 amide bonds. The first-order chi connectivity index (χ1) is 14.3. The number of carbonyl (C=O) groups is 1. The lowest BCUT2D eigenvalue weighted by Crippen LogP contribution is -2.37. The van der Waals surface area contributed by atoms with Crippen molar-refractivity contribution in [2.24, 2.45) is 5.41 Å². The maximum Gasteiger partial charge on any atom is 0.227 e. The van der Waals surface area contributed by atoms with Crippen LogP contribution in [0.15, 0.2) is 30.5 Å². The van der Waals surface area contributed by atoms with Crippen LogP contribution in [0, 0.1) is 5.41 Å². The number of anilines is 1. The van der Waals surface area contributed by atoms with Crippen molar-refractivity contribution in [3.05, 3.63) is 36.3 Å². The number of nitrogen functional groups attached to an aromatic ring is 1. The van der Waals surface area contributed by atoms with E-state index in [0.717, 1.165) is 46.5 Å². The summed E-state index contributed by atoms with van der Waals surface area (Å²) in [5.41, 5.74) is 10.1. The zero-order valence-electron chi connectivity index (χ0n) is 17.4. The topological polar surface area (TPSA) is 117 Å². The van der Waals surface area contributed by atoms with E-state index in [0.29, 0.717) is 17.9 Å². The molecule has 1 aliphatic heterocycles. The van der Waals surface area contributed by atoms with Gasteiger partial charge in [-0.3, -0.25) is 9.89 Å². The molecule has 5 rings (SSSR count). The Kier molecular flexibility index (Phi) is 4.06. The third-order valence-electron chi connectivity index (χ3n) is 5.77. The van der Waals surface area contributed by atoms with Gasteiger partial charge in [-0.15, -0.1) is 0 Å². The van der Waals surface area contributed by atoms with E-state index in [1.807, 2.05) is 49.9 Å². The number of nitrogens with one attached hydrogen (secondary N) is 2. The number of carbonyl (C=O) groups excluding carboxylic acids is 1. The normalized spacial score (nSPS) is 17.3. The molecule has 1 saturated heterocycles. The lowest BCUT2D eigenvalue weighted by molar-refractivity contribution is -0.138. The van der Waals surface area contributed by atoms with E-state index in [1.54, 1.807) is 6.20 Å². The van der Waals surface area contributed by atoms with Crippen molar-refractivity contribution < 1.29 is 4.79 Å². The molecule has 154 valence electrons. The second-order valence-electron chi connectivity index (χ2n) is 9.02. The van der Waals surface area contributed by atoms with Crippen molar-refractivity contribution in [3.63, 3.8) is 0 Å². The highest BCUT2D eigenvalue weighted by Gasteiger charge is 2.34. The number of likely N-dealkylation sites (tertiary alicyclic amines) is 1. The van der Waals surface area contributed by atoms with E-state index >= 15 is 0 Å². The van der Waals surface area contributed by atoms with E-state index in [4.69, 9.17) is 10.7 Å². The van der Waals surface area contributed by atoms with Gasteiger partial charge in [-0.1, -0.05) is 26.8 Å². The van der Waals surface area contributed by atoms with Crippen LogP contribution >= 0.6 is 0 Å². The number of pyridine rings is 1. The first-order valence-electron chi connectivity index (χ1n) is 10.2. The molecule has 8 nitrogen and oxygen atoms in total. The van der Waals surface area contributed by atoms with Crippen LogP contribution in [0.25, 0.3) is 33.2 Å². The molecule has 1 fully saturated rings. The van der Waals surface area contributed by atoms with Crippen LogP contribution in [0.5, 0.6) is 0 Å². The third-order valence-corrected chi connectivity index (χ3v) is 5.77. The van der Waals surface area contributed by atoms with Gasteiger partial charge in [0.1, 0.15) is 11.3 Å². The summed E-state index contributed by atoms with van der Waals surface area (Å²) in [5, 5.41) is 8.04. The number of benzene rings is 1. The maximum absolute atomic E-state index is 12.6. The van der Waals surface area contributed by atoms with E-state index in [2.05, 4.69) is 20.2 Å². The molecule has 1 aromatic carbocycles. The van der Waals surface area contributed by atoms with Gasteiger partial charge in [0.15, 0.2) is 5.82 Å². The fourth-order valence-electron chi connectivity index (χ4n) is 4.21. The summed E-state index contributed by atoms with van der Waals surface area (Å²) >= 11 is 0. The summed E-state index contributed by atoms with van der Waals surface area (Å²) in [7, 11) is 0. The van der Waals surface area contributed by atoms with Crippen molar-refractivity contribution in [2.75, 3.05) is 18.8 Å². The number of hydrogen-bond acceptors (Lipinski definition) is 5. The number of aromatic nitrogens is 5. The van der Waals surface area contributed by atoms with Gasteiger partial charge >= 0.3 is 0 Å². The average Bonchev–Trinajstić information content (AvgIpc) is 3.46. The highest BCUT2D eigenvalue weighted by Crippen LogP contribution is 2.34. The minimum atomic E-state index is -0.376. The minimum absolute atomic E-state index is 0.168. The number of hydrogen-bond donors (Lipinski definition) is 3. The molecule has 0 spiro atoms. The SMILES string of the molecule is CC(C)(C)C(=O)N1CC[C@H](c2nc3c(N)nc4cc(-c5cc[nH]n5)ccc4c3[nH]2)C1. The summed E-state index contributed by atoms with van der Waals surface area (Å²) in [6.45, 7) is 7.29. The van der Waals surface area contributed by atoms with Gasteiger partial charge in [0.2, 0.25) is 5.91 Å². The Hall–Kier alpha value is -3.42. The molecule has 4 aromatic rings. The molecule has 3 aromatic heterocycles. The number of aromatic amines is 2. The summed E-state index contributed by atoms with van der Waals surface area (Å²) in [4.78, 5) is 27.4. The van der Waals surface area contributed by atoms with Gasteiger partial charge in [-0.2, -0.15) is 5.10 Å². The maximum atomic E-state index is 12.6. The largest absolute Gasteiger partial charge is 0.382 e. The van der Waals surface area contributed by atoms with Crippen molar-refractivity contribution in [2.45, 2.75) is 33.1 Å². The molecule has 0 saturated carbocycles. The third kappa shape index (κ3) is 2.99. The summed E-state index contributed by atoms with van der Waals surface area (Å²) < 4.78 is 0. The Bertz CT molecular complexity index is 1250. The van der Waals surface area contributed by atoms with E-state index < -0.39 is 0 Å². The second kappa shape index (κ2) is 6.55. The van der Waals surface area contributed by atoms with Gasteiger partial charge in [0.25, 0.3) is 0 Å². The Morgan fingerprint density at radius 1 is 1.23 bits per heavy atom. The summed E-state index contributed by atoms with van der Waals surface area (Å²) in [6.07, 6.45) is 2.68. The molecule has 1 aliphatic rings. The van der Waals surface area contributed by atoms with Crippen molar-refractivity contribution in [1.82, 2.24) is 30.0 Å². The average molecular weight is 403 g/mol. The molecule has 0 unspecified atom stereocenters. The Morgan fingerprint density at radius 2 is 2.07 bits per heavy atom. The molecule has 8 heteroatoms. The lowest BCUT2D eigenvalue weighted by Gasteiger charge is -2.25. The van der Waals surface area contributed by atoms with Gasteiger partial charge in [0.05, 0.1) is 16.7 Å². The van der Waals surface area contributed by atoms with Gasteiger partial charge in [0, 0.05) is 41.6 Å². The smallest absolute Gasteiger partial charge is 0.227 e. The Morgan fingerprint density at radius 3 is 2.80 bits per heavy atom. The zero-order valence-corrected chi connectivity index (χ0v) is 17.4. The molecule has 1 atom stereocenters. The monoisotopic (exact) mass is 403 g/mol. The molecule has 0 aliphatic carbocycles. The summed E-state index contributed by atoms with van der Waals surface area (Å²) in [5.74, 6) is 1.62. The Balaban J connectivity index is 1.52. The van der Waals surface area contributed by atoms with Gasteiger partial charge < -0.3 is 15.6 Å². The van der Waals surface area contributed by atoms with Crippen LogP contribution in [-0.4, -0.2) is 49.0 Å². The number of amides is 1. The number of H-pyrrole nitrogens is 2. The van der Waals surface area contributed by atoms with Crippen molar-refractivity contribution in [3.8, 4) is 11.3 Å². The predicted octanol–water partition coefficient (Wildman–Crippen LogP) is 3.45. The first-order valence-corrected chi connectivity index (χ1v) is 10.2. The highest BCUT2D eigenvalue weighted by molar-refractivity contribution is 6.07. The van der Waals surface area contributed by atoms with Crippen LogP contribution in [0.3, 0.4) is 0 Å². The molecule has 30 heavy (non-hydrogen) atoms. The lowest BCUT2D eigenvalue weighted by atomic mass is 9.95. The van der Waals surface area contributed by atoms with E-state index in [9.17, 15) is 4.79 Å². The number of nitrogens with two attached hydrogens (primary N) is 1. The van der Waals surface area contributed by atoms with E-state index in [1.165, 1.54) is 0 Å². The molecular weight excluding hydrogens is 378 g/mol. The standard InChI is InChI=1S/C22H25N7O/c1-22(2,3)21(30)29-9-7-13(11-29)20-26-17-14-5-4-12(15-6-8-24-28-15)10-16(14)25-19(23)18(17)27-20/h4-6,8,10,13H,7,9,11H2,1-3H3,(H2,23,25)(H,24,28)(H,26,27)/t13-/m0/s1. The summed E-state index contributed by atoms with van der Waals surface area (Å²) in [6, 6.07) is 7.96. The quantitative estimate of drug-likeness (QED) is 0.474. The van der Waals surface area contributed by atoms with Crippen LogP contribution in [0.1, 0.15) is 38.9 Å². The van der Waals surface area contributed by atoms with Crippen molar-refractivity contribution >= 4 is 33.7 Å². The second-order valence-corrected chi connectivity index (χ2v) is 9.02. The number of imidazole rings is 1. The molecule has 4 heterocycles. The van der Waals surface area contributed by atoms with E-state index in [-0.39, 0.29) is 17.2 Å². The van der Waals surface area contributed by atoms with Crippen LogP contribution in [0.2, 0.25) is 0 Å². The minimum Gasteiger partial charge on any atom is -0.382 e. The van der Waals surface area contributed by atoms with Crippen LogP contribution < -0.4 is 5.73 Å². The molecule has 0 radical (unpaired) electrons. The molecular formula is C22H25N7O. The van der Waals surface area contributed by atoms with Crippen molar-refractivity contribution in [1.29, 1.82) is 0 Å². The van der Waals surface area contributed by atoms with Crippen LogP contribution in [-0.2, 0) is 4.79 Å². The molecule has 0 bridgehead atoms. The number of rotatable bonds is 2. The van der Waals surface area contributed by atoms with Gasteiger partial charge in [-0.25, -0.2) is 9.97 Å². The fraction of sp³-hybridized carbons (Fsp3) is 0.364. The zero-order chi connectivity index (χ0) is 21.0. The Labute approximate surface area is 173 Å². The number of fused-ring (bicyclic) bond motifs is 3. The predicted molar refractivity (Wildman–Crippen MR) is 117 cm³/mol. The highest BCUT2D eigenvalue weighted by atomic mass is 16.2.